The second-order valence-corrected chi connectivity index (χ2v) is 7.78. The summed E-state index contributed by atoms with van der Waals surface area (Å²) in [5.74, 6) is -0.670. The van der Waals surface area contributed by atoms with Crippen LogP contribution in [0.15, 0.2) is 78.4 Å². The fourth-order valence-electron chi connectivity index (χ4n) is 2.46. The van der Waals surface area contributed by atoms with Gasteiger partial charge in [0.05, 0.1) is 5.56 Å². The summed E-state index contributed by atoms with van der Waals surface area (Å²) in [6, 6.07) is 22.0. The standard InChI is InChI=1S/C23H14ClIN2O3/c24-18-8-6-16(7-9-18)23(29)30-21-10-4-15(5-11-21)12-17(14-26)22(28)27-20-3-1-2-19(25)13-20/h1-13H,(H,27,28)/b17-12+. The normalized spacial score (nSPS) is 10.8. The van der Waals surface area contributed by atoms with Gasteiger partial charge in [0, 0.05) is 14.3 Å². The topological polar surface area (TPSA) is 79.2 Å². The number of ether oxygens (including phenoxy) is 1. The number of nitrogens with one attached hydrogen (secondary N) is 1. The number of nitrogens with zero attached hydrogens (tertiary/aromatic N) is 1. The zero-order chi connectivity index (χ0) is 21.5. The van der Waals surface area contributed by atoms with Crippen LogP contribution >= 0.6 is 34.2 Å². The van der Waals surface area contributed by atoms with Gasteiger partial charge in [0.15, 0.2) is 0 Å². The zero-order valence-electron chi connectivity index (χ0n) is 15.4. The summed E-state index contributed by atoms with van der Waals surface area (Å²) in [6.07, 6.45) is 1.47. The minimum absolute atomic E-state index is 0.0419. The molecule has 0 heterocycles. The Kier molecular flexibility index (Phi) is 7.22. The molecule has 0 unspecified atom stereocenters. The van der Waals surface area contributed by atoms with Crippen LogP contribution in [-0.2, 0) is 4.79 Å². The number of rotatable bonds is 5. The summed E-state index contributed by atoms with van der Waals surface area (Å²) >= 11 is 7.95. The third-order valence-electron chi connectivity index (χ3n) is 3.93. The van der Waals surface area contributed by atoms with Gasteiger partial charge in [-0.05, 0) is 88.8 Å². The Labute approximate surface area is 192 Å². The van der Waals surface area contributed by atoms with E-state index in [-0.39, 0.29) is 5.57 Å². The van der Waals surface area contributed by atoms with E-state index in [1.807, 2.05) is 18.2 Å². The molecule has 0 aromatic heterocycles. The van der Waals surface area contributed by atoms with Gasteiger partial charge in [-0.15, -0.1) is 0 Å². The van der Waals surface area contributed by atoms with E-state index in [4.69, 9.17) is 16.3 Å². The fourth-order valence-corrected chi connectivity index (χ4v) is 3.13. The number of anilines is 1. The molecule has 3 aromatic rings. The maximum atomic E-state index is 12.4. The van der Waals surface area contributed by atoms with E-state index in [2.05, 4.69) is 27.9 Å². The van der Waals surface area contributed by atoms with Gasteiger partial charge in [0.1, 0.15) is 17.4 Å². The molecule has 0 aliphatic heterocycles. The molecule has 0 bridgehead atoms. The number of nitriles is 1. The van der Waals surface area contributed by atoms with Gasteiger partial charge >= 0.3 is 5.97 Å². The van der Waals surface area contributed by atoms with Crippen LogP contribution in [-0.4, -0.2) is 11.9 Å². The van der Waals surface area contributed by atoms with E-state index in [1.54, 1.807) is 60.7 Å². The maximum Gasteiger partial charge on any atom is 0.343 e. The van der Waals surface area contributed by atoms with Crippen molar-refractivity contribution in [3.05, 3.63) is 98.1 Å². The number of benzene rings is 3. The van der Waals surface area contributed by atoms with E-state index in [0.717, 1.165) is 3.57 Å². The molecule has 0 aliphatic rings. The van der Waals surface area contributed by atoms with Crippen LogP contribution in [0.4, 0.5) is 5.69 Å². The number of carbonyl (C=O) groups is 2. The minimum Gasteiger partial charge on any atom is -0.423 e. The number of hydrogen-bond donors (Lipinski definition) is 1. The van der Waals surface area contributed by atoms with Crippen molar-refractivity contribution < 1.29 is 14.3 Å². The van der Waals surface area contributed by atoms with Crippen molar-refractivity contribution in [3.8, 4) is 11.8 Å². The smallest absolute Gasteiger partial charge is 0.343 e. The van der Waals surface area contributed by atoms with Gasteiger partial charge in [-0.2, -0.15) is 5.26 Å². The van der Waals surface area contributed by atoms with Crippen molar-refractivity contribution in [1.29, 1.82) is 5.26 Å². The first kappa shape index (κ1) is 21.6. The first-order valence-electron chi connectivity index (χ1n) is 8.71. The Hall–Kier alpha value is -3.15. The van der Waals surface area contributed by atoms with Gasteiger partial charge in [-0.3, -0.25) is 4.79 Å². The van der Waals surface area contributed by atoms with Crippen molar-refractivity contribution in [1.82, 2.24) is 0 Å². The highest BCUT2D eigenvalue weighted by Gasteiger charge is 2.11. The summed E-state index contributed by atoms with van der Waals surface area (Å²) in [6.45, 7) is 0. The Morgan fingerprint density at radius 1 is 1.03 bits per heavy atom. The van der Waals surface area contributed by atoms with Crippen molar-refractivity contribution in [2.45, 2.75) is 0 Å². The highest BCUT2D eigenvalue weighted by molar-refractivity contribution is 14.1. The van der Waals surface area contributed by atoms with Gasteiger partial charge in [0.2, 0.25) is 0 Å². The Morgan fingerprint density at radius 3 is 2.37 bits per heavy atom. The van der Waals surface area contributed by atoms with E-state index in [0.29, 0.717) is 27.6 Å². The first-order chi connectivity index (χ1) is 14.4. The largest absolute Gasteiger partial charge is 0.423 e. The molecule has 3 aromatic carbocycles. The van der Waals surface area contributed by atoms with E-state index in [9.17, 15) is 14.9 Å². The fraction of sp³-hybridized carbons (Fsp3) is 0. The quantitative estimate of drug-likeness (QED) is 0.151. The van der Waals surface area contributed by atoms with Gasteiger partial charge < -0.3 is 10.1 Å². The van der Waals surface area contributed by atoms with E-state index in [1.165, 1.54) is 6.08 Å². The van der Waals surface area contributed by atoms with Crippen molar-refractivity contribution in [2.75, 3.05) is 5.32 Å². The summed E-state index contributed by atoms with van der Waals surface area (Å²) in [5.41, 5.74) is 1.57. The average Bonchev–Trinajstić information content (AvgIpc) is 2.73. The molecule has 5 nitrogen and oxygen atoms in total. The Balaban J connectivity index is 1.68. The van der Waals surface area contributed by atoms with Gasteiger partial charge in [0.25, 0.3) is 5.91 Å². The zero-order valence-corrected chi connectivity index (χ0v) is 18.3. The molecule has 0 radical (unpaired) electrons. The molecule has 148 valence electrons. The predicted octanol–water partition coefficient (Wildman–Crippen LogP) is 5.71. The first-order valence-corrected chi connectivity index (χ1v) is 10.2. The average molecular weight is 529 g/mol. The monoisotopic (exact) mass is 528 g/mol. The van der Waals surface area contributed by atoms with E-state index >= 15 is 0 Å². The summed E-state index contributed by atoms with van der Waals surface area (Å²) in [5, 5.41) is 12.6. The Bertz CT molecular complexity index is 1150. The number of amides is 1. The third kappa shape index (κ3) is 5.92. The lowest BCUT2D eigenvalue weighted by Crippen LogP contribution is -2.13. The number of hydrogen-bond acceptors (Lipinski definition) is 4. The summed E-state index contributed by atoms with van der Waals surface area (Å²) in [7, 11) is 0. The lowest BCUT2D eigenvalue weighted by atomic mass is 10.1. The maximum absolute atomic E-state index is 12.4. The highest BCUT2D eigenvalue weighted by atomic mass is 127. The summed E-state index contributed by atoms with van der Waals surface area (Å²) in [4.78, 5) is 24.5. The highest BCUT2D eigenvalue weighted by Crippen LogP contribution is 2.18. The molecule has 1 amide bonds. The lowest BCUT2D eigenvalue weighted by Gasteiger charge is -2.06. The molecular formula is C23H14ClIN2O3. The predicted molar refractivity (Wildman–Crippen MR) is 124 cm³/mol. The lowest BCUT2D eigenvalue weighted by molar-refractivity contribution is -0.112. The Morgan fingerprint density at radius 2 is 1.73 bits per heavy atom. The van der Waals surface area contributed by atoms with Crippen LogP contribution in [0, 0.1) is 14.9 Å². The van der Waals surface area contributed by atoms with Crippen LogP contribution < -0.4 is 10.1 Å². The summed E-state index contributed by atoms with van der Waals surface area (Å²) < 4.78 is 6.29. The van der Waals surface area contributed by atoms with E-state index < -0.39 is 11.9 Å². The van der Waals surface area contributed by atoms with Gasteiger partial charge in [-0.1, -0.05) is 29.8 Å². The number of carbonyl (C=O) groups excluding carboxylic acids is 2. The molecule has 0 saturated heterocycles. The molecule has 0 atom stereocenters. The molecule has 7 heteroatoms. The van der Waals surface area contributed by atoms with Crippen LogP contribution in [0.2, 0.25) is 5.02 Å². The van der Waals surface area contributed by atoms with Crippen molar-refractivity contribution in [2.24, 2.45) is 0 Å². The second-order valence-electron chi connectivity index (χ2n) is 6.10. The van der Waals surface area contributed by atoms with Crippen LogP contribution in [0.1, 0.15) is 15.9 Å². The molecular weight excluding hydrogens is 515 g/mol. The third-order valence-corrected chi connectivity index (χ3v) is 4.85. The van der Waals surface area contributed by atoms with Gasteiger partial charge in [-0.25, -0.2) is 4.79 Å². The molecule has 0 fully saturated rings. The van der Waals surface area contributed by atoms with Crippen LogP contribution in [0.25, 0.3) is 6.08 Å². The molecule has 1 N–H and O–H groups in total. The molecule has 30 heavy (non-hydrogen) atoms. The molecule has 3 rings (SSSR count). The number of halogens is 2. The molecule has 0 spiro atoms. The minimum atomic E-state index is -0.510. The second kappa shape index (κ2) is 10.1. The van der Waals surface area contributed by atoms with Crippen molar-refractivity contribution in [3.63, 3.8) is 0 Å². The SMILES string of the molecule is N#C/C(=C\c1ccc(OC(=O)c2ccc(Cl)cc2)cc1)C(=O)Nc1cccc(I)c1. The molecule has 0 aliphatic carbocycles. The number of esters is 1. The van der Waals surface area contributed by atoms with Crippen molar-refractivity contribution >= 4 is 57.8 Å². The molecule has 0 saturated carbocycles. The van der Waals surface area contributed by atoms with Crippen LogP contribution in [0.3, 0.4) is 0 Å². The van der Waals surface area contributed by atoms with Crippen LogP contribution in [0.5, 0.6) is 5.75 Å².